The molecular formula is C3H7NO2Sn. The predicted molar refractivity (Wildman–Crippen MR) is 27.0 cm³/mol. The minimum atomic E-state index is -0.711. The Hall–Kier alpha value is 0.0687. The van der Waals surface area contributed by atoms with Crippen molar-refractivity contribution in [3.05, 3.63) is 0 Å². The molecule has 0 aromatic heterocycles. The second-order valence-electron chi connectivity index (χ2n) is 0.752. The van der Waals surface area contributed by atoms with Crippen LogP contribution in [0.2, 0.25) is 0 Å². The molecule has 0 aromatic carbocycles. The van der Waals surface area contributed by atoms with Crippen molar-refractivity contribution < 1.29 is 9.53 Å². The van der Waals surface area contributed by atoms with Crippen molar-refractivity contribution in [2.24, 2.45) is 5.73 Å². The van der Waals surface area contributed by atoms with Gasteiger partial charge < -0.3 is 10.5 Å². The zero-order valence-corrected chi connectivity index (χ0v) is 6.96. The first-order chi connectivity index (χ1) is 2.77. The fraction of sp³-hybridized carbons (Fsp3) is 0.667. The number of carbonyl (C=O) groups excluding carboxylic acids is 1. The molecule has 3 nitrogen and oxygen atoms in total. The molecule has 2 N–H and O–H groups in total. The van der Waals surface area contributed by atoms with Crippen LogP contribution in [0.3, 0.4) is 0 Å². The summed E-state index contributed by atoms with van der Waals surface area (Å²) in [4.78, 5) is 9.60. The van der Waals surface area contributed by atoms with E-state index in [0.29, 0.717) is 6.61 Å². The maximum Gasteiger partial charge on any atom is 0.404 e. The Balaban J connectivity index is 0. The van der Waals surface area contributed by atoms with Gasteiger partial charge in [-0.1, -0.05) is 0 Å². The van der Waals surface area contributed by atoms with Gasteiger partial charge in [0.2, 0.25) is 0 Å². The number of primary amides is 1. The van der Waals surface area contributed by atoms with Crippen LogP contribution >= 0.6 is 0 Å². The largest absolute Gasteiger partial charge is 0.450 e. The van der Waals surface area contributed by atoms with Crippen LogP contribution in [0.15, 0.2) is 0 Å². The van der Waals surface area contributed by atoms with Crippen molar-refractivity contribution in [2.45, 2.75) is 6.92 Å². The van der Waals surface area contributed by atoms with Crippen molar-refractivity contribution in [3.8, 4) is 0 Å². The first kappa shape index (κ1) is 10.1. The topological polar surface area (TPSA) is 52.3 Å². The Kier molecular flexibility index (Phi) is 8.78. The minimum absolute atomic E-state index is 0. The molecular weight excluding hydrogens is 201 g/mol. The van der Waals surface area contributed by atoms with E-state index in [-0.39, 0.29) is 23.9 Å². The van der Waals surface area contributed by atoms with E-state index < -0.39 is 6.09 Å². The van der Waals surface area contributed by atoms with E-state index >= 15 is 0 Å². The van der Waals surface area contributed by atoms with Crippen molar-refractivity contribution in [1.29, 1.82) is 0 Å². The number of ether oxygens (including phenoxy) is 1. The Morgan fingerprint density at radius 1 is 1.86 bits per heavy atom. The number of hydrogen-bond acceptors (Lipinski definition) is 2. The minimum Gasteiger partial charge on any atom is -0.450 e. The maximum absolute atomic E-state index is 9.60. The molecule has 0 unspecified atom stereocenters. The summed E-state index contributed by atoms with van der Waals surface area (Å²) in [5, 5.41) is 0. The maximum atomic E-state index is 9.60. The van der Waals surface area contributed by atoms with E-state index in [1.54, 1.807) is 6.92 Å². The second kappa shape index (κ2) is 6.07. The quantitative estimate of drug-likeness (QED) is 0.602. The van der Waals surface area contributed by atoms with Gasteiger partial charge in [0.25, 0.3) is 0 Å². The zero-order valence-electron chi connectivity index (χ0n) is 4.10. The molecule has 0 aliphatic carbocycles. The summed E-state index contributed by atoms with van der Waals surface area (Å²) >= 11 is 0. The molecule has 0 heterocycles. The second-order valence-corrected chi connectivity index (χ2v) is 0.752. The third-order valence-corrected chi connectivity index (χ3v) is 0.287. The van der Waals surface area contributed by atoms with E-state index in [9.17, 15) is 4.79 Å². The number of carbonyl (C=O) groups is 1. The standard InChI is InChI=1S/C3H7NO2.Sn/c1-2-6-3(4)5;/h2H2,1H3,(H2,4,5);. The molecule has 0 rings (SSSR count). The summed E-state index contributed by atoms with van der Waals surface area (Å²) in [6.45, 7) is 2.06. The van der Waals surface area contributed by atoms with Crippen LogP contribution in [-0.2, 0) is 4.74 Å². The van der Waals surface area contributed by atoms with Crippen LogP contribution < -0.4 is 5.73 Å². The molecule has 40 valence electrons. The number of nitrogens with two attached hydrogens (primary N) is 1. The van der Waals surface area contributed by atoms with Gasteiger partial charge in [-0.25, -0.2) is 4.79 Å². The molecule has 0 aliphatic heterocycles. The van der Waals surface area contributed by atoms with E-state index in [0.717, 1.165) is 0 Å². The Bertz CT molecular complexity index is 56.9. The van der Waals surface area contributed by atoms with Gasteiger partial charge in [-0.15, -0.1) is 0 Å². The van der Waals surface area contributed by atoms with Gasteiger partial charge in [0, 0.05) is 23.9 Å². The molecule has 0 saturated carbocycles. The van der Waals surface area contributed by atoms with Crippen molar-refractivity contribution in [2.75, 3.05) is 6.61 Å². The third kappa shape index (κ3) is 10.7. The molecule has 1 amide bonds. The predicted octanol–water partition coefficient (Wildman–Crippen LogP) is -0.279. The average molecular weight is 208 g/mol. The van der Waals surface area contributed by atoms with E-state index in [4.69, 9.17) is 0 Å². The van der Waals surface area contributed by atoms with E-state index in [1.807, 2.05) is 0 Å². The third-order valence-electron chi connectivity index (χ3n) is 0.287. The fourth-order valence-corrected chi connectivity index (χ4v) is 0.142. The molecule has 0 aliphatic rings. The van der Waals surface area contributed by atoms with E-state index in [2.05, 4.69) is 10.5 Å². The van der Waals surface area contributed by atoms with Crippen molar-refractivity contribution in [3.63, 3.8) is 0 Å². The smallest absolute Gasteiger partial charge is 0.404 e. The van der Waals surface area contributed by atoms with E-state index in [1.165, 1.54) is 0 Å². The Labute approximate surface area is 59.2 Å². The van der Waals surface area contributed by atoms with Gasteiger partial charge in [-0.05, 0) is 6.92 Å². The normalized spacial score (nSPS) is 6.43. The Morgan fingerprint density at radius 2 is 2.29 bits per heavy atom. The first-order valence-corrected chi connectivity index (χ1v) is 1.69. The van der Waals surface area contributed by atoms with Gasteiger partial charge in [0.1, 0.15) is 0 Å². The molecule has 4 heteroatoms. The molecule has 0 saturated heterocycles. The summed E-state index contributed by atoms with van der Waals surface area (Å²) < 4.78 is 4.18. The molecule has 7 heavy (non-hydrogen) atoms. The summed E-state index contributed by atoms with van der Waals surface area (Å²) in [5.41, 5.74) is 4.54. The van der Waals surface area contributed by atoms with Crippen LogP contribution in [-0.4, -0.2) is 36.6 Å². The fourth-order valence-electron chi connectivity index (χ4n) is 0.142. The van der Waals surface area contributed by atoms with Gasteiger partial charge >= 0.3 is 6.09 Å². The SMILES string of the molecule is CCOC(N)=O.[Sn]. The van der Waals surface area contributed by atoms with Gasteiger partial charge in [0.15, 0.2) is 0 Å². The van der Waals surface area contributed by atoms with Crippen molar-refractivity contribution >= 4 is 30.0 Å². The van der Waals surface area contributed by atoms with Gasteiger partial charge in [-0.2, -0.15) is 0 Å². The summed E-state index contributed by atoms with van der Waals surface area (Å²) in [6.07, 6.45) is -0.711. The number of hydrogen-bond donors (Lipinski definition) is 1. The summed E-state index contributed by atoms with van der Waals surface area (Å²) in [5.74, 6) is 0. The average Bonchev–Trinajstić information content (AvgIpc) is 1.35. The summed E-state index contributed by atoms with van der Waals surface area (Å²) in [6, 6.07) is 0. The summed E-state index contributed by atoms with van der Waals surface area (Å²) in [7, 11) is 0. The number of amides is 1. The number of rotatable bonds is 1. The first-order valence-electron chi connectivity index (χ1n) is 1.69. The molecule has 0 atom stereocenters. The zero-order chi connectivity index (χ0) is 4.99. The van der Waals surface area contributed by atoms with Gasteiger partial charge in [-0.3, -0.25) is 0 Å². The van der Waals surface area contributed by atoms with Crippen LogP contribution in [0.25, 0.3) is 0 Å². The van der Waals surface area contributed by atoms with Crippen molar-refractivity contribution in [1.82, 2.24) is 0 Å². The molecule has 0 bridgehead atoms. The van der Waals surface area contributed by atoms with Crippen LogP contribution in [0, 0.1) is 0 Å². The molecule has 4 radical (unpaired) electrons. The monoisotopic (exact) mass is 209 g/mol. The van der Waals surface area contributed by atoms with Crippen LogP contribution in [0.5, 0.6) is 0 Å². The Morgan fingerprint density at radius 3 is 2.29 bits per heavy atom. The molecule has 0 fully saturated rings. The molecule has 0 spiro atoms. The van der Waals surface area contributed by atoms with Crippen LogP contribution in [0.4, 0.5) is 4.79 Å². The van der Waals surface area contributed by atoms with Crippen LogP contribution in [0.1, 0.15) is 6.92 Å². The molecule has 0 aromatic rings. The van der Waals surface area contributed by atoms with Gasteiger partial charge in [0.05, 0.1) is 6.61 Å².